The molecule has 1 aliphatic rings. The monoisotopic (exact) mass is 437 g/mol. The fourth-order valence-corrected chi connectivity index (χ4v) is 3.74. The summed E-state index contributed by atoms with van der Waals surface area (Å²) in [4.78, 5) is 26.3. The number of carbonyl (C=O) groups excluding carboxylic acids is 2. The average Bonchev–Trinajstić information content (AvgIpc) is 3.02. The first kappa shape index (κ1) is 24.0. The van der Waals surface area contributed by atoms with Crippen molar-refractivity contribution in [2.24, 2.45) is 11.8 Å². The molecule has 2 aromatic carbocycles. The lowest BCUT2D eigenvalue weighted by Crippen LogP contribution is -2.30. The van der Waals surface area contributed by atoms with Crippen LogP contribution in [-0.4, -0.2) is 43.1 Å². The molecule has 0 aliphatic carbocycles. The van der Waals surface area contributed by atoms with Gasteiger partial charge in [0.15, 0.2) is 0 Å². The molecular weight excluding hydrogens is 402 g/mol. The van der Waals surface area contributed by atoms with Crippen LogP contribution in [0.4, 0.5) is 0 Å². The van der Waals surface area contributed by atoms with Gasteiger partial charge in [-0.25, -0.2) is 0 Å². The molecule has 2 aromatic rings. The van der Waals surface area contributed by atoms with Crippen molar-refractivity contribution < 1.29 is 19.1 Å². The zero-order valence-electron chi connectivity index (χ0n) is 19.5. The van der Waals surface area contributed by atoms with Gasteiger partial charge in [-0.3, -0.25) is 14.5 Å². The van der Waals surface area contributed by atoms with E-state index in [4.69, 9.17) is 9.47 Å². The van der Waals surface area contributed by atoms with Gasteiger partial charge in [0.25, 0.3) is 11.8 Å². The highest BCUT2D eigenvalue weighted by molar-refractivity contribution is 6.21. The predicted octanol–water partition coefficient (Wildman–Crippen LogP) is 5.38. The third kappa shape index (κ3) is 6.67. The highest BCUT2D eigenvalue weighted by atomic mass is 16.5. The van der Waals surface area contributed by atoms with Gasteiger partial charge in [0.1, 0.15) is 5.75 Å². The van der Waals surface area contributed by atoms with Crippen molar-refractivity contribution in [3.63, 3.8) is 0 Å². The standard InChI is InChI=1S/C27H35NO4/c1-20(2)13-16-31-19-21(3)14-17-32-23-10-6-8-22(18-23)9-7-15-28-26(29)24-11-4-5-12-25(24)27(28)30/h4-6,8,10-12,18,20-21H,7,9,13-17,19H2,1-3H3. The highest BCUT2D eigenvalue weighted by Gasteiger charge is 2.34. The number of amides is 2. The molecule has 0 spiro atoms. The molecule has 0 saturated heterocycles. The lowest BCUT2D eigenvalue weighted by molar-refractivity contribution is 0.0652. The quantitative estimate of drug-likeness (QED) is 0.312. The molecular formula is C27H35NO4. The molecule has 5 nitrogen and oxygen atoms in total. The summed E-state index contributed by atoms with van der Waals surface area (Å²) in [5, 5.41) is 0. The molecule has 2 amide bonds. The molecule has 32 heavy (non-hydrogen) atoms. The Labute approximate surface area is 191 Å². The minimum Gasteiger partial charge on any atom is -0.494 e. The molecule has 172 valence electrons. The highest BCUT2D eigenvalue weighted by Crippen LogP contribution is 2.23. The topological polar surface area (TPSA) is 55.8 Å². The fraction of sp³-hybridized carbons (Fsp3) is 0.481. The summed E-state index contributed by atoms with van der Waals surface area (Å²) >= 11 is 0. The van der Waals surface area contributed by atoms with E-state index in [1.54, 1.807) is 24.3 Å². The number of nitrogens with zero attached hydrogens (tertiary/aromatic N) is 1. The number of hydrogen-bond acceptors (Lipinski definition) is 4. The van der Waals surface area contributed by atoms with Crippen LogP contribution in [0.5, 0.6) is 5.75 Å². The first-order valence-corrected chi connectivity index (χ1v) is 11.7. The van der Waals surface area contributed by atoms with Crippen LogP contribution in [0.1, 0.15) is 66.3 Å². The van der Waals surface area contributed by atoms with Gasteiger partial charge in [-0.05, 0) is 67.3 Å². The van der Waals surface area contributed by atoms with E-state index in [1.165, 1.54) is 4.90 Å². The number of ether oxygens (including phenoxy) is 2. The van der Waals surface area contributed by atoms with Crippen LogP contribution in [-0.2, 0) is 11.2 Å². The number of benzene rings is 2. The van der Waals surface area contributed by atoms with Crippen LogP contribution in [0.25, 0.3) is 0 Å². The molecule has 1 heterocycles. The van der Waals surface area contributed by atoms with E-state index in [-0.39, 0.29) is 11.8 Å². The van der Waals surface area contributed by atoms with Crippen LogP contribution < -0.4 is 4.74 Å². The van der Waals surface area contributed by atoms with Crippen molar-refractivity contribution in [1.29, 1.82) is 0 Å². The van der Waals surface area contributed by atoms with Crippen molar-refractivity contribution in [3.8, 4) is 5.75 Å². The maximum absolute atomic E-state index is 12.5. The van der Waals surface area contributed by atoms with Gasteiger partial charge < -0.3 is 9.47 Å². The maximum Gasteiger partial charge on any atom is 0.261 e. The summed E-state index contributed by atoms with van der Waals surface area (Å²) < 4.78 is 11.7. The summed E-state index contributed by atoms with van der Waals surface area (Å²) in [5.41, 5.74) is 2.16. The van der Waals surface area contributed by atoms with E-state index in [9.17, 15) is 9.59 Å². The Morgan fingerprint density at radius 3 is 2.28 bits per heavy atom. The van der Waals surface area contributed by atoms with E-state index in [0.29, 0.717) is 36.1 Å². The Bertz CT molecular complexity index is 873. The van der Waals surface area contributed by atoms with E-state index in [2.05, 4.69) is 26.8 Å². The van der Waals surface area contributed by atoms with Gasteiger partial charge in [-0.1, -0.05) is 45.0 Å². The van der Waals surface area contributed by atoms with Crippen LogP contribution in [0.15, 0.2) is 48.5 Å². The van der Waals surface area contributed by atoms with Crippen LogP contribution in [0, 0.1) is 11.8 Å². The number of imide groups is 1. The van der Waals surface area contributed by atoms with Crippen molar-refractivity contribution in [1.82, 2.24) is 4.90 Å². The second kappa shape index (κ2) is 11.8. The van der Waals surface area contributed by atoms with E-state index >= 15 is 0 Å². The summed E-state index contributed by atoms with van der Waals surface area (Å²) in [6, 6.07) is 15.1. The summed E-state index contributed by atoms with van der Waals surface area (Å²) in [5.74, 6) is 1.62. The van der Waals surface area contributed by atoms with Gasteiger partial charge in [0.2, 0.25) is 0 Å². The molecule has 0 N–H and O–H groups in total. The van der Waals surface area contributed by atoms with E-state index in [0.717, 1.165) is 50.2 Å². The summed E-state index contributed by atoms with van der Waals surface area (Å²) in [7, 11) is 0. The van der Waals surface area contributed by atoms with E-state index < -0.39 is 0 Å². The van der Waals surface area contributed by atoms with Gasteiger partial charge in [0, 0.05) is 19.8 Å². The number of aryl methyl sites for hydroxylation is 1. The Hall–Kier alpha value is -2.66. The minimum atomic E-state index is -0.190. The molecule has 5 heteroatoms. The number of hydrogen-bond donors (Lipinski definition) is 0. The Balaban J connectivity index is 1.38. The average molecular weight is 438 g/mol. The van der Waals surface area contributed by atoms with Crippen LogP contribution in [0.3, 0.4) is 0 Å². The first-order valence-electron chi connectivity index (χ1n) is 11.7. The van der Waals surface area contributed by atoms with Gasteiger partial charge in [-0.2, -0.15) is 0 Å². The summed E-state index contributed by atoms with van der Waals surface area (Å²) in [6.45, 7) is 9.28. The number of carbonyl (C=O) groups is 2. The third-order valence-electron chi connectivity index (χ3n) is 5.75. The lowest BCUT2D eigenvalue weighted by atomic mass is 10.1. The molecule has 0 aromatic heterocycles. The van der Waals surface area contributed by atoms with Crippen molar-refractivity contribution in [2.75, 3.05) is 26.4 Å². The minimum absolute atomic E-state index is 0.190. The first-order chi connectivity index (χ1) is 15.5. The lowest BCUT2D eigenvalue weighted by Gasteiger charge is -2.15. The van der Waals surface area contributed by atoms with E-state index in [1.807, 2.05) is 18.2 Å². The van der Waals surface area contributed by atoms with Gasteiger partial charge in [-0.15, -0.1) is 0 Å². The fourth-order valence-electron chi connectivity index (χ4n) is 3.74. The molecule has 1 aliphatic heterocycles. The normalized spacial score (nSPS) is 14.2. The smallest absolute Gasteiger partial charge is 0.261 e. The SMILES string of the molecule is CC(C)CCOCC(C)CCOc1cccc(CCCN2C(=O)c3ccccc3C2=O)c1. The molecule has 0 bridgehead atoms. The molecule has 0 fully saturated rings. The van der Waals surface area contributed by atoms with Crippen LogP contribution in [0.2, 0.25) is 0 Å². The Morgan fingerprint density at radius 1 is 0.875 bits per heavy atom. The van der Waals surface area contributed by atoms with Gasteiger partial charge in [0.05, 0.1) is 17.7 Å². The Kier molecular flexibility index (Phi) is 8.86. The van der Waals surface area contributed by atoms with Crippen LogP contribution >= 0.6 is 0 Å². The molecule has 1 atom stereocenters. The second-order valence-electron chi connectivity index (χ2n) is 9.06. The summed E-state index contributed by atoms with van der Waals surface area (Å²) in [6.07, 6.45) is 3.55. The number of fused-ring (bicyclic) bond motifs is 1. The number of rotatable bonds is 13. The zero-order valence-corrected chi connectivity index (χ0v) is 19.5. The van der Waals surface area contributed by atoms with Crippen molar-refractivity contribution in [3.05, 3.63) is 65.2 Å². The molecule has 0 radical (unpaired) electrons. The third-order valence-corrected chi connectivity index (χ3v) is 5.75. The van der Waals surface area contributed by atoms with Crippen molar-refractivity contribution in [2.45, 2.75) is 46.5 Å². The van der Waals surface area contributed by atoms with Gasteiger partial charge >= 0.3 is 0 Å². The molecule has 0 saturated carbocycles. The molecule has 3 rings (SSSR count). The van der Waals surface area contributed by atoms with Crippen molar-refractivity contribution >= 4 is 11.8 Å². The maximum atomic E-state index is 12.5. The predicted molar refractivity (Wildman–Crippen MR) is 126 cm³/mol. The largest absolute Gasteiger partial charge is 0.494 e. The zero-order chi connectivity index (χ0) is 22.9. The molecule has 1 unspecified atom stereocenters. The Morgan fingerprint density at radius 2 is 1.59 bits per heavy atom. The second-order valence-corrected chi connectivity index (χ2v) is 9.06.